The van der Waals surface area contributed by atoms with Crippen LogP contribution in [-0.4, -0.2) is 21.6 Å². The summed E-state index contributed by atoms with van der Waals surface area (Å²) in [6, 6.07) is 8.89. The first-order chi connectivity index (χ1) is 8.03. The fourth-order valence-electron chi connectivity index (χ4n) is 0.930. The molecule has 1 aromatic carbocycles. The van der Waals surface area contributed by atoms with E-state index in [1.807, 2.05) is 16.3 Å². The van der Waals surface area contributed by atoms with Crippen molar-refractivity contribution >= 4 is 22.2 Å². The van der Waals surface area contributed by atoms with Crippen LogP contribution < -0.4 is 10.3 Å². The molecule has 0 aliphatic heterocycles. The molecule has 0 unspecified atom stereocenters. The van der Waals surface area contributed by atoms with Crippen molar-refractivity contribution in [2.45, 2.75) is 0 Å². The minimum atomic E-state index is -3.73. The predicted octanol–water partition coefficient (Wildman–Crippen LogP) is 0.848. The van der Waals surface area contributed by atoms with Crippen LogP contribution in [-0.2, 0) is 14.8 Å². The second kappa shape index (κ2) is 6.02. The van der Waals surface area contributed by atoms with E-state index in [2.05, 4.69) is 4.74 Å². The fraction of sp³-hybridized carbons (Fsp3) is 0.100. The van der Waals surface area contributed by atoms with Crippen LogP contribution in [0.3, 0.4) is 0 Å². The molecule has 0 atom stereocenters. The maximum atomic E-state index is 11.4. The van der Waals surface area contributed by atoms with E-state index in [1.54, 1.807) is 24.3 Å². The summed E-state index contributed by atoms with van der Waals surface area (Å²) in [5.41, 5.74) is 2.59. The lowest BCUT2D eigenvalue weighted by Crippen LogP contribution is -2.40. The Hall–Kier alpha value is -1.86. The lowest BCUT2D eigenvalue weighted by molar-refractivity contribution is 0.169. The Kier molecular flexibility index (Phi) is 4.68. The van der Waals surface area contributed by atoms with Gasteiger partial charge in [-0.1, -0.05) is 30.3 Å². The van der Waals surface area contributed by atoms with Crippen molar-refractivity contribution in [3.63, 3.8) is 0 Å². The molecule has 0 aromatic heterocycles. The monoisotopic (exact) mass is 256 g/mol. The average Bonchev–Trinajstić information content (AvgIpc) is 2.35. The molecule has 7 heteroatoms. The summed E-state index contributed by atoms with van der Waals surface area (Å²) >= 11 is 0. The normalized spacial score (nSPS) is 11.4. The van der Waals surface area contributed by atoms with Crippen LogP contribution in [0.2, 0.25) is 0 Å². The summed E-state index contributed by atoms with van der Waals surface area (Å²) in [6.07, 6.45) is 0.517. The van der Waals surface area contributed by atoms with Crippen molar-refractivity contribution in [1.29, 1.82) is 0 Å². The third-order valence-corrected chi connectivity index (χ3v) is 2.60. The van der Waals surface area contributed by atoms with Crippen molar-refractivity contribution in [2.24, 2.45) is 0 Å². The largest absolute Gasteiger partial charge is 0.452 e. The molecule has 0 spiro atoms. The Morgan fingerprint density at radius 2 is 1.94 bits per heavy atom. The van der Waals surface area contributed by atoms with Crippen molar-refractivity contribution in [3.05, 3.63) is 41.3 Å². The molecule has 6 nitrogen and oxygen atoms in total. The molecule has 17 heavy (non-hydrogen) atoms. The molecule has 1 aromatic rings. The Balaban J connectivity index is 2.61. The van der Waals surface area contributed by atoms with E-state index < -0.39 is 16.1 Å². The zero-order valence-electron chi connectivity index (χ0n) is 9.08. The summed E-state index contributed by atoms with van der Waals surface area (Å²) in [6.45, 7) is 0. The van der Waals surface area contributed by atoms with E-state index in [0.29, 0.717) is 0 Å². The van der Waals surface area contributed by atoms with E-state index in [9.17, 15) is 13.2 Å². The molecule has 1 rings (SSSR count). The number of carbonyl (C=O) groups is 1. The first kappa shape index (κ1) is 13.2. The van der Waals surface area contributed by atoms with E-state index in [0.717, 1.165) is 18.1 Å². The third kappa shape index (κ3) is 5.14. The van der Waals surface area contributed by atoms with Crippen LogP contribution >= 0.6 is 0 Å². The molecular formula is C10H12N2O4S. The van der Waals surface area contributed by atoms with Gasteiger partial charge in [0.1, 0.15) is 0 Å². The van der Waals surface area contributed by atoms with Gasteiger partial charge >= 0.3 is 6.09 Å². The summed E-state index contributed by atoms with van der Waals surface area (Å²) in [7, 11) is -2.60. The van der Waals surface area contributed by atoms with Crippen molar-refractivity contribution in [1.82, 2.24) is 10.3 Å². The molecule has 0 bridgehead atoms. The number of sulfonamides is 1. The molecule has 0 aliphatic carbocycles. The van der Waals surface area contributed by atoms with Gasteiger partial charge in [-0.2, -0.15) is 0 Å². The highest BCUT2D eigenvalue weighted by Gasteiger charge is 2.06. The molecule has 1 amide bonds. The highest BCUT2D eigenvalue weighted by Crippen LogP contribution is 2.02. The first-order valence-corrected chi connectivity index (χ1v) is 6.17. The summed E-state index contributed by atoms with van der Waals surface area (Å²) in [4.78, 5) is 12.5. The van der Waals surface area contributed by atoms with Gasteiger partial charge in [0.05, 0.1) is 7.11 Å². The van der Waals surface area contributed by atoms with Gasteiger partial charge in [0.25, 0.3) is 10.0 Å². The van der Waals surface area contributed by atoms with Gasteiger partial charge in [0.2, 0.25) is 0 Å². The highest BCUT2D eigenvalue weighted by molar-refractivity contribution is 7.92. The van der Waals surface area contributed by atoms with E-state index in [-0.39, 0.29) is 0 Å². The van der Waals surface area contributed by atoms with Gasteiger partial charge in [-0.3, -0.25) is 0 Å². The third-order valence-electron chi connectivity index (χ3n) is 1.72. The second-order valence-electron chi connectivity index (χ2n) is 2.98. The molecular weight excluding hydrogens is 244 g/mol. The van der Waals surface area contributed by atoms with E-state index in [1.165, 1.54) is 6.08 Å². The van der Waals surface area contributed by atoms with Gasteiger partial charge in [-0.15, -0.1) is 4.83 Å². The summed E-state index contributed by atoms with van der Waals surface area (Å²) in [5, 5.41) is 0.943. The number of ether oxygens (including phenoxy) is 1. The van der Waals surface area contributed by atoms with Crippen LogP contribution in [0.1, 0.15) is 5.56 Å². The van der Waals surface area contributed by atoms with E-state index in [4.69, 9.17) is 0 Å². The number of hydrogen-bond donors (Lipinski definition) is 2. The molecule has 0 aliphatic rings. The molecule has 0 radical (unpaired) electrons. The Labute approximate surface area is 99.3 Å². The number of rotatable bonds is 4. The molecule has 0 fully saturated rings. The molecule has 0 heterocycles. The Morgan fingerprint density at radius 1 is 1.29 bits per heavy atom. The average molecular weight is 256 g/mol. The predicted molar refractivity (Wildman–Crippen MR) is 63.1 cm³/mol. The maximum Gasteiger partial charge on any atom is 0.422 e. The topological polar surface area (TPSA) is 84.5 Å². The zero-order valence-corrected chi connectivity index (χ0v) is 9.90. The number of nitrogens with one attached hydrogen (secondary N) is 2. The van der Waals surface area contributed by atoms with Crippen LogP contribution in [0, 0.1) is 0 Å². The quantitative estimate of drug-likeness (QED) is 0.782. The second-order valence-corrected chi connectivity index (χ2v) is 4.54. The lowest BCUT2D eigenvalue weighted by Gasteiger charge is -2.03. The van der Waals surface area contributed by atoms with Crippen LogP contribution in [0.15, 0.2) is 35.7 Å². The highest BCUT2D eigenvalue weighted by atomic mass is 32.2. The molecule has 2 N–H and O–H groups in total. The van der Waals surface area contributed by atoms with Gasteiger partial charge in [-0.25, -0.2) is 18.6 Å². The lowest BCUT2D eigenvalue weighted by atomic mass is 10.2. The zero-order chi connectivity index (χ0) is 12.7. The Bertz CT molecular complexity index is 496. The van der Waals surface area contributed by atoms with Crippen molar-refractivity contribution in [2.75, 3.05) is 7.11 Å². The van der Waals surface area contributed by atoms with Crippen LogP contribution in [0.4, 0.5) is 4.79 Å². The number of methoxy groups -OCH3 is 1. The molecule has 0 saturated heterocycles. The number of amides is 1. The van der Waals surface area contributed by atoms with Gasteiger partial charge in [0, 0.05) is 5.41 Å². The summed E-state index contributed by atoms with van der Waals surface area (Å²) in [5.74, 6) is 0. The number of carbonyl (C=O) groups excluding carboxylic acids is 1. The van der Waals surface area contributed by atoms with Crippen LogP contribution in [0.5, 0.6) is 0 Å². The van der Waals surface area contributed by atoms with Gasteiger partial charge in [-0.05, 0) is 11.6 Å². The SMILES string of the molecule is COC(=O)NNS(=O)(=O)C=Cc1ccccc1. The van der Waals surface area contributed by atoms with Crippen molar-refractivity contribution < 1.29 is 17.9 Å². The van der Waals surface area contributed by atoms with E-state index >= 15 is 0 Å². The molecule has 92 valence electrons. The maximum absolute atomic E-state index is 11.4. The Morgan fingerprint density at radius 3 is 2.53 bits per heavy atom. The number of hydrogen-bond acceptors (Lipinski definition) is 4. The van der Waals surface area contributed by atoms with Crippen molar-refractivity contribution in [3.8, 4) is 0 Å². The number of benzene rings is 1. The smallest absolute Gasteiger partial charge is 0.422 e. The fourth-order valence-corrected chi connectivity index (χ4v) is 1.56. The first-order valence-electron chi connectivity index (χ1n) is 4.62. The van der Waals surface area contributed by atoms with Gasteiger partial charge < -0.3 is 4.74 Å². The molecule has 0 saturated carbocycles. The minimum Gasteiger partial charge on any atom is -0.452 e. The van der Waals surface area contributed by atoms with Crippen LogP contribution in [0.25, 0.3) is 6.08 Å². The minimum absolute atomic E-state index is 0.732. The van der Waals surface area contributed by atoms with Gasteiger partial charge in [0.15, 0.2) is 0 Å². The standard InChI is InChI=1S/C10H12N2O4S/c1-16-10(13)11-12-17(14,15)8-7-9-5-3-2-4-6-9/h2-8,12H,1H3,(H,11,13). The number of hydrazine groups is 1. The summed E-state index contributed by atoms with van der Waals surface area (Å²) < 4.78 is 26.9.